The van der Waals surface area contributed by atoms with Crippen LogP contribution in [0.25, 0.3) is 0 Å². The highest BCUT2D eigenvalue weighted by molar-refractivity contribution is 6.19. The Balaban J connectivity index is 3.39. The zero-order chi connectivity index (χ0) is 14.1. The van der Waals surface area contributed by atoms with Crippen LogP contribution in [0.2, 0.25) is 0 Å². The molecule has 0 aliphatic carbocycles. The molecule has 1 nitrogen and oxygen atoms in total. The van der Waals surface area contributed by atoms with Gasteiger partial charge in [-0.05, 0) is 23.8 Å². The van der Waals surface area contributed by atoms with Crippen molar-refractivity contribution in [3.63, 3.8) is 0 Å². The fourth-order valence-electron chi connectivity index (χ4n) is 1.25. The standard InChI is InChI=1S/C10H7ClF6O/c1-18-8(11)5-2-6(9(12,13)14)4-7(3-5)10(15,16)17/h2-4,8H,1H3. The molecule has 0 N–H and O–H groups in total. The number of methoxy groups -OCH3 is 1. The Labute approximate surface area is 103 Å². The first kappa shape index (κ1) is 15.1. The molecule has 0 aromatic heterocycles. The third kappa shape index (κ3) is 3.52. The van der Waals surface area contributed by atoms with E-state index >= 15 is 0 Å². The fraction of sp³-hybridized carbons (Fsp3) is 0.400. The van der Waals surface area contributed by atoms with Gasteiger partial charge < -0.3 is 4.74 Å². The fourth-order valence-corrected chi connectivity index (χ4v) is 1.37. The zero-order valence-corrected chi connectivity index (χ0v) is 9.62. The third-order valence-corrected chi connectivity index (χ3v) is 2.51. The summed E-state index contributed by atoms with van der Waals surface area (Å²) in [4.78, 5) is 0. The SMILES string of the molecule is COC(Cl)c1cc(C(F)(F)F)cc(C(F)(F)F)c1. The lowest BCUT2D eigenvalue weighted by atomic mass is 10.1. The first-order valence-corrected chi connectivity index (χ1v) is 4.95. The van der Waals surface area contributed by atoms with E-state index < -0.39 is 34.6 Å². The van der Waals surface area contributed by atoms with Crippen LogP contribution in [0.3, 0.4) is 0 Å². The van der Waals surface area contributed by atoms with Gasteiger partial charge in [0, 0.05) is 7.11 Å². The van der Waals surface area contributed by atoms with Gasteiger partial charge in [-0.2, -0.15) is 26.3 Å². The molecule has 102 valence electrons. The average Bonchev–Trinajstić information content (AvgIpc) is 2.25. The molecule has 0 radical (unpaired) electrons. The highest BCUT2D eigenvalue weighted by atomic mass is 35.5. The monoisotopic (exact) mass is 292 g/mol. The van der Waals surface area contributed by atoms with Gasteiger partial charge in [0.15, 0.2) is 5.56 Å². The molecule has 0 saturated heterocycles. The Bertz CT molecular complexity index is 393. The molecule has 0 heterocycles. The van der Waals surface area contributed by atoms with Gasteiger partial charge in [0.25, 0.3) is 0 Å². The molecule has 1 aromatic rings. The van der Waals surface area contributed by atoms with E-state index in [0.29, 0.717) is 12.1 Å². The molecule has 0 spiro atoms. The number of alkyl halides is 7. The van der Waals surface area contributed by atoms with Crippen molar-refractivity contribution in [3.05, 3.63) is 34.9 Å². The predicted molar refractivity (Wildman–Crippen MR) is 52.0 cm³/mol. The second kappa shape index (κ2) is 4.97. The topological polar surface area (TPSA) is 9.23 Å². The van der Waals surface area contributed by atoms with Gasteiger partial charge in [0.1, 0.15) is 0 Å². The van der Waals surface area contributed by atoms with E-state index in [1.54, 1.807) is 0 Å². The van der Waals surface area contributed by atoms with Crippen LogP contribution in [0.1, 0.15) is 22.3 Å². The summed E-state index contributed by atoms with van der Waals surface area (Å²) < 4.78 is 79.2. The molecule has 18 heavy (non-hydrogen) atoms. The van der Waals surface area contributed by atoms with E-state index in [9.17, 15) is 26.3 Å². The van der Waals surface area contributed by atoms with Crippen molar-refractivity contribution in [1.29, 1.82) is 0 Å². The van der Waals surface area contributed by atoms with Gasteiger partial charge in [0.05, 0.1) is 11.1 Å². The van der Waals surface area contributed by atoms with Gasteiger partial charge in [0.2, 0.25) is 0 Å². The largest absolute Gasteiger partial charge is 0.416 e. The summed E-state index contributed by atoms with van der Waals surface area (Å²) in [5.74, 6) is 0. The Kier molecular flexibility index (Phi) is 4.17. The minimum atomic E-state index is -4.89. The van der Waals surface area contributed by atoms with Crippen LogP contribution in [0.15, 0.2) is 18.2 Å². The molecule has 8 heteroatoms. The molecular formula is C10H7ClF6O. The van der Waals surface area contributed by atoms with Crippen LogP contribution >= 0.6 is 11.6 Å². The van der Waals surface area contributed by atoms with Crippen LogP contribution in [0.5, 0.6) is 0 Å². The number of hydrogen-bond acceptors (Lipinski definition) is 1. The minimum Gasteiger partial charge on any atom is -0.361 e. The molecular weight excluding hydrogens is 286 g/mol. The van der Waals surface area contributed by atoms with E-state index in [1.807, 2.05) is 0 Å². The molecule has 0 fully saturated rings. The van der Waals surface area contributed by atoms with E-state index in [-0.39, 0.29) is 6.07 Å². The second-order valence-corrected chi connectivity index (χ2v) is 3.79. The first-order valence-electron chi connectivity index (χ1n) is 4.52. The highest BCUT2D eigenvalue weighted by Crippen LogP contribution is 2.38. The maximum absolute atomic E-state index is 12.5. The maximum Gasteiger partial charge on any atom is 0.416 e. The summed E-state index contributed by atoms with van der Waals surface area (Å²) >= 11 is 5.48. The molecule has 0 bridgehead atoms. The molecule has 0 aliphatic heterocycles. The normalized spacial score (nSPS) is 14.7. The lowest BCUT2D eigenvalue weighted by Gasteiger charge is -2.16. The van der Waals surface area contributed by atoms with Gasteiger partial charge in [-0.3, -0.25) is 0 Å². The van der Waals surface area contributed by atoms with Crippen molar-refractivity contribution in [3.8, 4) is 0 Å². The van der Waals surface area contributed by atoms with Crippen molar-refractivity contribution in [2.24, 2.45) is 0 Å². The molecule has 0 saturated carbocycles. The number of hydrogen-bond donors (Lipinski definition) is 0. The molecule has 0 aliphatic rings. The number of benzene rings is 1. The predicted octanol–water partition coefficient (Wildman–Crippen LogP) is 4.61. The lowest BCUT2D eigenvalue weighted by molar-refractivity contribution is -0.143. The van der Waals surface area contributed by atoms with Crippen molar-refractivity contribution >= 4 is 11.6 Å². The lowest BCUT2D eigenvalue weighted by Crippen LogP contribution is -2.12. The van der Waals surface area contributed by atoms with Gasteiger partial charge in [-0.1, -0.05) is 11.6 Å². The Morgan fingerprint density at radius 2 is 1.33 bits per heavy atom. The van der Waals surface area contributed by atoms with Crippen LogP contribution in [-0.4, -0.2) is 7.11 Å². The summed E-state index contributed by atoms with van der Waals surface area (Å²) in [5.41, 5.74) is -4.63. The third-order valence-electron chi connectivity index (χ3n) is 2.08. The summed E-state index contributed by atoms with van der Waals surface area (Å²) in [6, 6.07) is 1.08. The minimum absolute atomic E-state index is 0.0305. The molecule has 1 unspecified atom stereocenters. The van der Waals surface area contributed by atoms with Gasteiger partial charge >= 0.3 is 12.4 Å². The van der Waals surface area contributed by atoms with Crippen molar-refractivity contribution < 1.29 is 31.1 Å². The molecule has 0 amide bonds. The van der Waals surface area contributed by atoms with Crippen LogP contribution < -0.4 is 0 Å². The zero-order valence-electron chi connectivity index (χ0n) is 8.86. The summed E-state index contributed by atoms with van der Waals surface area (Å²) in [7, 11) is 1.07. The Hall–Kier alpha value is -0.950. The van der Waals surface area contributed by atoms with Crippen LogP contribution in [0.4, 0.5) is 26.3 Å². The maximum atomic E-state index is 12.5. The van der Waals surface area contributed by atoms with E-state index in [0.717, 1.165) is 7.11 Å². The Morgan fingerprint density at radius 3 is 1.61 bits per heavy atom. The number of ether oxygens (including phenoxy) is 1. The first-order chi connectivity index (χ1) is 8.05. The highest BCUT2D eigenvalue weighted by Gasteiger charge is 2.37. The quantitative estimate of drug-likeness (QED) is 0.571. The van der Waals surface area contributed by atoms with Crippen molar-refractivity contribution in [1.82, 2.24) is 0 Å². The van der Waals surface area contributed by atoms with E-state index in [1.165, 1.54) is 0 Å². The van der Waals surface area contributed by atoms with Gasteiger partial charge in [-0.15, -0.1) is 0 Å². The smallest absolute Gasteiger partial charge is 0.361 e. The number of rotatable bonds is 2. The summed E-state index contributed by atoms with van der Waals surface area (Å²) in [6.45, 7) is 0. The Morgan fingerprint density at radius 1 is 0.944 bits per heavy atom. The van der Waals surface area contributed by atoms with Gasteiger partial charge in [-0.25, -0.2) is 0 Å². The molecule has 1 rings (SSSR count). The summed E-state index contributed by atoms with van der Waals surface area (Å²) in [5, 5.41) is 0. The number of halogens is 7. The second-order valence-electron chi connectivity index (χ2n) is 3.39. The van der Waals surface area contributed by atoms with Crippen molar-refractivity contribution in [2.45, 2.75) is 17.9 Å². The van der Waals surface area contributed by atoms with E-state index in [2.05, 4.69) is 4.74 Å². The molecule has 1 aromatic carbocycles. The van der Waals surface area contributed by atoms with E-state index in [4.69, 9.17) is 11.6 Å². The average molecular weight is 293 g/mol. The summed E-state index contributed by atoms with van der Waals surface area (Å²) in [6.07, 6.45) is -9.78. The van der Waals surface area contributed by atoms with Crippen LogP contribution in [-0.2, 0) is 17.1 Å². The molecule has 1 atom stereocenters. The van der Waals surface area contributed by atoms with Crippen LogP contribution in [0, 0.1) is 0 Å². The van der Waals surface area contributed by atoms with Crippen molar-refractivity contribution in [2.75, 3.05) is 7.11 Å².